The van der Waals surface area contributed by atoms with Crippen molar-refractivity contribution in [1.82, 2.24) is 19.2 Å². The van der Waals surface area contributed by atoms with E-state index in [2.05, 4.69) is 30.6 Å². The molecule has 4 rings (SSSR count). The maximum Gasteiger partial charge on any atom is 0.267 e. The molecular formula is C23H29N5O2S2. The number of aryl methyl sites for hydroxylation is 1. The van der Waals surface area contributed by atoms with Crippen LogP contribution in [0.25, 0.3) is 11.7 Å². The number of aromatic nitrogens is 2. The minimum Gasteiger partial charge on any atom is -0.353 e. The molecule has 2 fully saturated rings. The van der Waals surface area contributed by atoms with Gasteiger partial charge in [-0.1, -0.05) is 50.8 Å². The Morgan fingerprint density at radius 3 is 2.56 bits per heavy atom. The maximum atomic E-state index is 13.6. The number of hydrogen-bond acceptors (Lipinski definition) is 7. The second-order valence-corrected chi connectivity index (χ2v) is 10.4. The Morgan fingerprint density at radius 2 is 1.91 bits per heavy atom. The van der Waals surface area contributed by atoms with E-state index in [1.165, 1.54) is 11.8 Å². The summed E-state index contributed by atoms with van der Waals surface area (Å²) >= 11 is 6.71. The summed E-state index contributed by atoms with van der Waals surface area (Å²) in [4.78, 5) is 38.1. The quantitative estimate of drug-likeness (QED) is 0.491. The Bertz CT molecular complexity index is 1150. The fourth-order valence-electron chi connectivity index (χ4n) is 4.04. The van der Waals surface area contributed by atoms with Crippen molar-refractivity contribution in [3.8, 4) is 0 Å². The Balaban J connectivity index is 1.81. The van der Waals surface area contributed by atoms with Gasteiger partial charge in [0.25, 0.3) is 11.5 Å². The van der Waals surface area contributed by atoms with Gasteiger partial charge in [0.2, 0.25) is 0 Å². The number of thioether (sulfide) groups is 1. The average Bonchev–Trinajstić information content (AvgIpc) is 3.03. The van der Waals surface area contributed by atoms with Gasteiger partial charge in [-0.05, 0) is 37.1 Å². The van der Waals surface area contributed by atoms with Gasteiger partial charge in [-0.15, -0.1) is 0 Å². The molecule has 170 valence electrons. The summed E-state index contributed by atoms with van der Waals surface area (Å²) in [5, 5.41) is 0. The fourth-order valence-corrected chi connectivity index (χ4v) is 5.30. The van der Waals surface area contributed by atoms with Crippen molar-refractivity contribution in [3.63, 3.8) is 0 Å². The number of rotatable bonds is 5. The Labute approximate surface area is 198 Å². The summed E-state index contributed by atoms with van der Waals surface area (Å²) in [6.45, 7) is 13.2. The molecule has 2 aromatic rings. The van der Waals surface area contributed by atoms with Gasteiger partial charge in [0, 0.05) is 38.9 Å². The third-order valence-corrected chi connectivity index (χ3v) is 7.18. The number of amides is 1. The van der Waals surface area contributed by atoms with E-state index in [4.69, 9.17) is 17.2 Å². The molecule has 1 amide bonds. The SMILES string of the molecule is CCN1CCN(c2nc3ccc(C)cn3c(=O)c2C=C2SC(=S)N(CC(C)C)C2=O)CC1. The third kappa shape index (κ3) is 4.46. The van der Waals surface area contributed by atoms with Gasteiger partial charge in [-0.25, -0.2) is 4.98 Å². The minimum absolute atomic E-state index is 0.135. The molecule has 2 saturated heterocycles. The number of thiocarbonyl (C=S) groups is 1. The summed E-state index contributed by atoms with van der Waals surface area (Å²) in [6, 6.07) is 3.83. The van der Waals surface area contributed by atoms with Gasteiger partial charge in [0.1, 0.15) is 15.8 Å². The molecule has 0 bridgehead atoms. The molecule has 0 N–H and O–H groups in total. The Kier molecular flexibility index (Phi) is 6.69. The lowest BCUT2D eigenvalue weighted by Crippen LogP contribution is -2.47. The van der Waals surface area contributed by atoms with Crippen molar-refractivity contribution in [3.05, 3.63) is 44.7 Å². The van der Waals surface area contributed by atoms with Crippen LogP contribution in [0.3, 0.4) is 0 Å². The van der Waals surface area contributed by atoms with E-state index < -0.39 is 0 Å². The summed E-state index contributed by atoms with van der Waals surface area (Å²) in [5.41, 5.74) is 1.86. The molecule has 0 unspecified atom stereocenters. The molecule has 2 aromatic heterocycles. The summed E-state index contributed by atoms with van der Waals surface area (Å²) < 4.78 is 2.11. The predicted molar refractivity (Wildman–Crippen MR) is 135 cm³/mol. The molecule has 4 heterocycles. The highest BCUT2D eigenvalue weighted by molar-refractivity contribution is 8.26. The van der Waals surface area contributed by atoms with Crippen molar-refractivity contribution < 1.29 is 4.79 Å². The zero-order chi connectivity index (χ0) is 23.0. The van der Waals surface area contributed by atoms with Gasteiger partial charge >= 0.3 is 0 Å². The molecule has 2 aliphatic heterocycles. The normalized spacial score (nSPS) is 19.2. The summed E-state index contributed by atoms with van der Waals surface area (Å²) in [5.74, 6) is 0.811. The molecule has 2 aliphatic rings. The van der Waals surface area contributed by atoms with Crippen LogP contribution in [0.1, 0.15) is 31.9 Å². The molecular weight excluding hydrogens is 442 g/mol. The monoisotopic (exact) mass is 471 g/mol. The van der Waals surface area contributed by atoms with Crippen molar-refractivity contribution >= 4 is 51.7 Å². The predicted octanol–water partition coefficient (Wildman–Crippen LogP) is 3.00. The number of piperazine rings is 1. The van der Waals surface area contributed by atoms with Crippen LogP contribution >= 0.6 is 24.0 Å². The first-order valence-electron chi connectivity index (χ1n) is 11.0. The van der Waals surface area contributed by atoms with E-state index in [1.807, 2.05) is 19.1 Å². The molecule has 0 atom stereocenters. The molecule has 32 heavy (non-hydrogen) atoms. The Morgan fingerprint density at radius 1 is 1.19 bits per heavy atom. The lowest BCUT2D eigenvalue weighted by Gasteiger charge is -2.35. The molecule has 9 heteroatoms. The van der Waals surface area contributed by atoms with Crippen LogP contribution in [0, 0.1) is 12.8 Å². The number of hydrogen-bond donors (Lipinski definition) is 0. The van der Waals surface area contributed by atoms with Crippen LogP contribution in [0.15, 0.2) is 28.0 Å². The van der Waals surface area contributed by atoms with Crippen molar-refractivity contribution in [2.24, 2.45) is 5.92 Å². The minimum atomic E-state index is -0.166. The number of carbonyl (C=O) groups excluding carboxylic acids is 1. The largest absolute Gasteiger partial charge is 0.353 e. The first kappa shape index (κ1) is 22.9. The molecule has 0 saturated carbocycles. The first-order chi connectivity index (χ1) is 15.3. The van der Waals surface area contributed by atoms with Crippen molar-refractivity contribution in [2.45, 2.75) is 27.7 Å². The van der Waals surface area contributed by atoms with Gasteiger partial charge in [0.15, 0.2) is 0 Å². The van der Waals surface area contributed by atoms with Crippen LogP contribution in [-0.4, -0.2) is 68.7 Å². The second-order valence-electron chi connectivity index (χ2n) is 8.70. The van der Waals surface area contributed by atoms with Crippen molar-refractivity contribution in [1.29, 1.82) is 0 Å². The lowest BCUT2D eigenvalue weighted by molar-refractivity contribution is -0.122. The summed E-state index contributed by atoms with van der Waals surface area (Å²) in [6.07, 6.45) is 3.50. The molecule has 0 aliphatic carbocycles. The maximum absolute atomic E-state index is 13.6. The topological polar surface area (TPSA) is 61.2 Å². The number of nitrogens with zero attached hydrogens (tertiary/aromatic N) is 5. The second kappa shape index (κ2) is 9.33. The first-order valence-corrected chi connectivity index (χ1v) is 12.3. The Hall–Kier alpha value is -2.23. The number of pyridine rings is 1. The lowest BCUT2D eigenvalue weighted by atomic mass is 10.2. The van der Waals surface area contributed by atoms with Crippen molar-refractivity contribution in [2.75, 3.05) is 44.2 Å². The van der Waals surface area contributed by atoms with Gasteiger partial charge in [-0.3, -0.25) is 18.9 Å². The molecule has 7 nitrogen and oxygen atoms in total. The van der Waals surface area contributed by atoms with Crippen LogP contribution in [0.5, 0.6) is 0 Å². The fraction of sp³-hybridized carbons (Fsp3) is 0.478. The number of fused-ring (bicyclic) bond motifs is 1. The van der Waals surface area contributed by atoms with E-state index in [0.717, 1.165) is 38.3 Å². The molecule has 0 aromatic carbocycles. The van der Waals surface area contributed by atoms with E-state index >= 15 is 0 Å². The zero-order valence-electron chi connectivity index (χ0n) is 19.0. The highest BCUT2D eigenvalue weighted by Crippen LogP contribution is 2.34. The molecule has 0 spiro atoms. The number of anilines is 1. The van der Waals surface area contributed by atoms with Crippen LogP contribution < -0.4 is 10.5 Å². The van der Waals surface area contributed by atoms with Crippen LogP contribution in [0.2, 0.25) is 0 Å². The van der Waals surface area contributed by atoms with Gasteiger partial charge in [0.05, 0.1) is 10.5 Å². The number of carbonyl (C=O) groups is 1. The van der Waals surface area contributed by atoms with E-state index in [1.54, 1.807) is 21.6 Å². The van der Waals surface area contributed by atoms with Gasteiger partial charge < -0.3 is 9.80 Å². The highest BCUT2D eigenvalue weighted by atomic mass is 32.2. The van der Waals surface area contributed by atoms with Crippen LogP contribution in [0.4, 0.5) is 5.82 Å². The smallest absolute Gasteiger partial charge is 0.267 e. The standard InChI is InChI=1S/C23H29N5O2S2/c1-5-25-8-10-26(11-9-25)20-17(21(29)27-14-16(4)6-7-19(27)24-20)12-18-22(30)28(13-15(2)3)23(31)32-18/h6-7,12,14-15H,5,8-11,13H2,1-4H3. The van der Waals surface area contributed by atoms with E-state index in [-0.39, 0.29) is 11.5 Å². The van der Waals surface area contributed by atoms with E-state index in [0.29, 0.717) is 38.7 Å². The zero-order valence-corrected chi connectivity index (χ0v) is 20.6. The number of likely N-dealkylation sites (N-methyl/N-ethyl adjacent to an activating group) is 1. The van der Waals surface area contributed by atoms with Crippen LogP contribution in [-0.2, 0) is 4.79 Å². The third-order valence-electron chi connectivity index (χ3n) is 5.80. The average molecular weight is 472 g/mol. The van der Waals surface area contributed by atoms with Gasteiger partial charge in [-0.2, -0.15) is 0 Å². The summed E-state index contributed by atoms with van der Waals surface area (Å²) in [7, 11) is 0. The molecule has 0 radical (unpaired) electrons. The van der Waals surface area contributed by atoms with E-state index in [9.17, 15) is 9.59 Å². The highest BCUT2D eigenvalue weighted by Gasteiger charge is 2.33.